The van der Waals surface area contributed by atoms with Crippen LogP contribution in [0.4, 0.5) is 5.69 Å². The summed E-state index contributed by atoms with van der Waals surface area (Å²) < 4.78 is 10.9. The highest BCUT2D eigenvalue weighted by molar-refractivity contribution is 14.0. The molecule has 0 radical (unpaired) electrons. The molecule has 1 amide bonds. The first-order chi connectivity index (χ1) is 14.5. The molecule has 2 rings (SSSR count). The maximum atomic E-state index is 12.3. The summed E-state index contributed by atoms with van der Waals surface area (Å²) in [4.78, 5) is 16.6. The molecule has 0 fully saturated rings. The SMILES string of the molecule is CCOc1cc(NC(=NC)NCc2cccc(C(=O)NC(C)CC)c2)ccc1OC.I. The van der Waals surface area contributed by atoms with Crippen LogP contribution in [-0.4, -0.2) is 38.7 Å². The lowest BCUT2D eigenvalue weighted by Crippen LogP contribution is -2.32. The van der Waals surface area contributed by atoms with Gasteiger partial charge in [0.1, 0.15) is 0 Å². The smallest absolute Gasteiger partial charge is 0.251 e. The molecule has 0 aromatic heterocycles. The number of nitrogens with one attached hydrogen (secondary N) is 3. The number of anilines is 1. The van der Waals surface area contributed by atoms with Crippen LogP contribution in [0.5, 0.6) is 11.5 Å². The highest BCUT2D eigenvalue weighted by Crippen LogP contribution is 2.30. The number of carbonyl (C=O) groups excluding carboxylic acids is 1. The van der Waals surface area contributed by atoms with E-state index >= 15 is 0 Å². The Labute approximate surface area is 202 Å². The van der Waals surface area contributed by atoms with Crippen molar-refractivity contribution in [2.45, 2.75) is 39.8 Å². The summed E-state index contributed by atoms with van der Waals surface area (Å²) in [5.41, 5.74) is 2.46. The molecule has 0 aliphatic rings. The van der Waals surface area contributed by atoms with Gasteiger partial charge in [-0.3, -0.25) is 9.79 Å². The first-order valence-corrected chi connectivity index (χ1v) is 10.2. The maximum absolute atomic E-state index is 12.3. The molecule has 3 N–H and O–H groups in total. The first-order valence-electron chi connectivity index (χ1n) is 10.2. The Kier molecular flexibility index (Phi) is 11.8. The Balaban J connectivity index is 0.00000480. The number of ether oxygens (including phenoxy) is 2. The van der Waals surface area contributed by atoms with Crippen LogP contribution in [0.25, 0.3) is 0 Å². The summed E-state index contributed by atoms with van der Waals surface area (Å²) in [5, 5.41) is 9.50. The van der Waals surface area contributed by atoms with E-state index in [0.717, 1.165) is 17.7 Å². The van der Waals surface area contributed by atoms with Crippen LogP contribution >= 0.6 is 24.0 Å². The molecule has 31 heavy (non-hydrogen) atoms. The molecule has 170 valence electrons. The zero-order valence-corrected chi connectivity index (χ0v) is 21.2. The van der Waals surface area contributed by atoms with Crippen molar-refractivity contribution >= 4 is 41.5 Å². The van der Waals surface area contributed by atoms with Crippen LogP contribution < -0.4 is 25.4 Å². The number of hydrogen-bond donors (Lipinski definition) is 3. The van der Waals surface area contributed by atoms with E-state index < -0.39 is 0 Å². The molecular formula is C23H33IN4O3. The van der Waals surface area contributed by atoms with Crippen LogP contribution in [0, 0.1) is 0 Å². The molecule has 0 aliphatic heterocycles. The molecule has 7 nitrogen and oxygen atoms in total. The van der Waals surface area contributed by atoms with E-state index in [0.29, 0.717) is 36.2 Å². The van der Waals surface area contributed by atoms with Crippen LogP contribution in [0.3, 0.4) is 0 Å². The lowest BCUT2D eigenvalue weighted by molar-refractivity contribution is 0.0939. The Bertz CT molecular complexity index is 874. The summed E-state index contributed by atoms with van der Waals surface area (Å²) in [6.07, 6.45) is 0.894. The highest BCUT2D eigenvalue weighted by Gasteiger charge is 2.10. The second kappa shape index (κ2) is 13.7. The van der Waals surface area contributed by atoms with Gasteiger partial charge in [-0.1, -0.05) is 19.1 Å². The summed E-state index contributed by atoms with van der Waals surface area (Å²) in [7, 11) is 3.32. The van der Waals surface area contributed by atoms with Crippen molar-refractivity contribution < 1.29 is 14.3 Å². The van der Waals surface area contributed by atoms with Gasteiger partial charge in [0.05, 0.1) is 13.7 Å². The molecule has 0 aliphatic carbocycles. The van der Waals surface area contributed by atoms with Crippen molar-refractivity contribution in [2.75, 3.05) is 26.1 Å². The number of halogens is 1. The fraction of sp³-hybridized carbons (Fsp3) is 0.391. The molecule has 0 spiro atoms. The van der Waals surface area contributed by atoms with E-state index in [2.05, 4.69) is 20.9 Å². The average molecular weight is 540 g/mol. The number of amides is 1. The fourth-order valence-electron chi connectivity index (χ4n) is 2.76. The number of benzene rings is 2. The standard InChI is InChI=1S/C23H32N4O3.HI/c1-6-16(3)26-22(28)18-10-8-9-17(13-18)15-25-23(24-4)27-19-11-12-20(29-5)21(14-19)30-7-2;/h8-14,16H,6-7,15H2,1-5H3,(H,26,28)(H2,24,25,27);1H. The number of nitrogens with zero attached hydrogens (tertiary/aromatic N) is 1. The molecule has 0 heterocycles. The third-order valence-corrected chi connectivity index (χ3v) is 4.59. The zero-order chi connectivity index (χ0) is 21.9. The molecule has 8 heteroatoms. The number of rotatable bonds is 9. The second-order valence-electron chi connectivity index (χ2n) is 6.83. The molecule has 1 atom stereocenters. The molecule has 0 saturated carbocycles. The van der Waals surface area contributed by atoms with Crippen molar-refractivity contribution in [3.63, 3.8) is 0 Å². The monoisotopic (exact) mass is 540 g/mol. The largest absolute Gasteiger partial charge is 0.493 e. The van der Waals surface area contributed by atoms with Gasteiger partial charge >= 0.3 is 0 Å². The number of hydrogen-bond acceptors (Lipinski definition) is 4. The molecule has 1 unspecified atom stereocenters. The van der Waals surface area contributed by atoms with Crippen molar-refractivity contribution in [1.82, 2.24) is 10.6 Å². The highest BCUT2D eigenvalue weighted by atomic mass is 127. The van der Waals surface area contributed by atoms with Gasteiger partial charge in [0.2, 0.25) is 0 Å². The lowest BCUT2D eigenvalue weighted by Gasteiger charge is -2.15. The molecule has 0 saturated heterocycles. The zero-order valence-electron chi connectivity index (χ0n) is 18.8. The van der Waals surface area contributed by atoms with Crippen LogP contribution in [0.15, 0.2) is 47.5 Å². The van der Waals surface area contributed by atoms with Crippen molar-refractivity contribution in [1.29, 1.82) is 0 Å². The second-order valence-corrected chi connectivity index (χ2v) is 6.83. The van der Waals surface area contributed by atoms with Gasteiger partial charge in [0.25, 0.3) is 5.91 Å². The van der Waals surface area contributed by atoms with Gasteiger partial charge in [0, 0.05) is 37.0 Å². The average Bonchev–Trinajstić information content (AvgIpc) is 2.77. The Morgan fingerprint density at radius 1 is 1.13 bits per heavy atom. The summed E-state index contributed by atoms with van der Waals surface area (Å²) in [6, 6.07) is 13.3. The van der Waals surface area contributed by atoms with Gasteiger partial charge in [-0.05, 0) is 50.1 Å². The quantitative estimate of drug-likeness (QED) is 0.249. The van der Waals surface area contributed by atoms with Crippen LogP contribution in [0.1, 0.15) is 43.1 Å². The predicted molar refractivity (Wildman–Crippen MR) is 137 cm³/mol. The van der Waals surface area contributed by atoms with E-state index in [4.69, 9.17) is 9.47 Å². The Morgan fingerprint density at radius 2 is 1.90 bits per heavy atom. The van der Waals surface area contributed by atoms with E-state index in [1.165, 1.54) is 0 Å². The summed E-state index contributed by atoms with van der Waals surface area (Å²) in [5.74, 6) is 1.89. The van der Waals surface area contributed by atoms with Crippen LogP contribution in [0.2, 0.25) is 0 Å². The number of methoxy groups -OCH3 is 1. The minimum absolute atomic E-state index is 0. The van der Waals surface area contributed by atoms with Crippen molar-refractivity contribution in [2.24, 2.45) is 4.99 Å². The molecule has 0 bridgehead atoms. The molecular weight excluding hydrogens is 507 g/mol. The number of aliphatic imine (C=N–C) groups is 1. The van der Waals surface area contributed by atoms with Crippen molar-refractivity contribution in [3.8, 4) is 11.5 Å². The van der Waals surface area contributed by atoms with Gasteiger partial charge < -0.3 is 25.4 Å². The number of carbonyl (C=O) groups is 1. The minimum Gasteiger partial charge on any atom is -0.493 e. The minimum atomic E-state index is -0.0598. The summed E-state index contributed by atoms with van der Waals surface area (Å²) in [6.45, 7) is 7.04. The third-order valence-electron chi connectivity index (χ3n) is 4.59. The van der Waals surface area contributed by atoms with Gasteiger partial charge in [0.15, 0.2) is 17.5 Å². The Morgan fingerprint density at radius 3 is 2.55 bits per heavy atom. The molecule has 2 aromatic rings. The topological polar surface area (TPSA) is 84.0 Å². The van der Waals surface area contributed by atoms with Gasteiger partial charge in [-0.2, -0.15) is 0 Å². The van der Waals surface area contributed by atoms with Crippen LogP contribution in [-0.2, 0) is 6.54 Å². The lowest BCUT2D eigenvalue weighted by atomic mass is 10.1. The van der Waals surface area contributed by atoms with E-state index in [9.17, 15) is 4.79 Å². The molecule has 2 aromatic carbocycles. The number of guanidine groups is 1. The third kappa shape index (κ3) is 8.28. The first kappa shape index (κ1) is 26.5. The van der Waals surface area contributed by atoms with E-state index in [1.54, 1.807) is 14.2 Å². The normalized spacial score (nSPS) is 11.7. The van der Waals surface area contributed by atoms with Gasteiger partial charge in [-0.15, -0.1) is 24.0 Å². The fourth-order valence-corrected chi connectivity index (χ4v) is 2.76. The Hall–Kier alpha value is -2.49. The van der Waals surface area contributed by atoms with Gasteiger partial charge in [-0.25, -0.2) is 0 Å². The maximum Gasteiger partial charge on any atom is 0.251 e. The predicted octanol–water partition coefficient (Wildman–Crippen LogP) is 4.43. The summed E-state index contributed by atoms with van der Waals surface area (Å²) >= 11 is 0. The van der Waals surface area contributed by atoms with Crippen molar-refractivity contribution in [3.05, 3.63) is 53.6 Å². The van der Waals surface area contributed by atoms with E-state index in [1.807, 2.05) is 63.2 Å². The van der Waals surface area contributed by atoms with E-state index in [-0.39, 0.29) is 35.9 Å².